The van der Waals surface area contributed by atoms with Crippen molar-refractivity contribution in [3.05, 3.63) is 58.1 Å². The zero-order valence-corrected chi connectivity index (χ0v) is 16.7. The second-order valence-corrected chi connectivity index (χ2v) is 6.58. The molecule has 0 saturated heterocycles. The van der Waals surface area contributed by atoms with E-state index in [0.717, 1.165) is 36.3 Å². The molecule has 0 bridgehead atoms. The lowest BCUT2D eigenvalue weighted by Gasteiger charge is -2.18. The summed E-state index contributed by atoms with van der Waals surface area (Å²) in [5, 5.41) is 3.01. The summed E-state index contributed by atoms with van der Waals surface area (Å²) >= 11 is 0. The van der Waals surface area contributed by atoms with Gasteiger partial charge in [0.1, 0.15) is 12.4 Å². The number of nitrogens with one attached hydrogen (secondary N) is 1. The lowest BCUT2D eigenvalue weighted by atomic mass is 10.0. The highest BCUT2D eigenvalue weighted by molar-refractivity contribution is 5.91. The second-order valence-electron chi connectivity index (χ2n) is 6.58. The standard InChI is InChI=1S/C23H31NO2/c1-6-17-11-10-12-21(24-23(25)9-4)20(17)15-26-22-13-16(5)18(7-2)14-19(22)8-3/h10-14H,6-9,15H2,1-5H3,(H,24,25). The number of carbonyl (C=O) groups excluding carboxylic acids is 1. The number of hydrogen-bond donors (Lipinski definition) is 1. The van der Waals surface area contributed by atoms with Gasteiger partial charge in [-0.2, -0.15) is 0 Å². The molecule has 0 heterocycles. The average molecular weight is 354 g/mol. The van der Waals surface area contributed by atoms with Crippen molar-refractivity contribution in [1.29, 1.82) is 0 Å². The maximum atomic E-state index is 11.9. The Morgan fingerprint density at radius 3 is 2.27 bits per heavy atom. The molecule has 2 aromatic rings. The topological polar surface area (TPSA) is 38.3 Å². The van der Waals surface area contributed by atoms with E-state index in [-0.39, 0.29) is 5.91 Å². The van der Waals surface area contributed by atoms with E-state index >= 15 is 0 Å². The fourth-order valence-electron chi connectivity index (χ4n) is 3.21. The van der Waals surface area contributed by atoms with Crippen molar-refractivity contribution in [2.75, 3.05) is 5.32 Å². The first-order chi connectivity index (χ1) is 12.5. The van der Waals surface area contributed by atoms with Gasteiger partial charge in [0.25, 0.3) is 0 Å². The Balaban J connectivity index is 2.31. The van der Waals surface area contributed by atoms with Crippen LogP contribution in [0.3, 0.4) is 0 Å². The SMILES string of the molecule is CCC(=O)Nc1cccc(CC)c1COc1cc(C)c(CC)cc1CC. The molecule has 3 nitrogen and oxygen atoms in total. The van der Waals surface area contributed by atoms with E-state index in [9.17, 15) is 4.79 Å². The number of rotatable bonds is 8. The molecule has 0 radical (unpaired) electrons. The van der Waals surface area contributed by atoms with Crippen LogP contribution in [-0.4, -0.2) is 5.91 Å². The predicted molar refractivity (Wildman–Crippen MR) is 109 cm³/mol. The van der Waals surface area contributed by atoms with E-state index < -0.39 is 0 Å². The van der Waals surface area contributed by atoms with Gasteiger partial charge in [0, 0.05) is 17.7 Å². The van der Waals surface area contributed by atoms with Crippen LogP contribution in [0, 0.1) is 6.92 Å². The maximum absolute atomic E-state index is 11.9. The van der Waals surface area contributed by atoms with Crippen molar-refractivity contribution < 1.29 is 9.53 Å². The first-order valence-electron chi connectivity index (χ1n) is 9.69. The lowest BCUT2D eigenvalue weighted by molar-refractivity contribution is -0.115. The van der Waals surface area contributed by atoms with Crippen molar-refractivity contribution >= 4 is 11.6 Å². The molecule has 1 N–H and O–H groups in total. The molecule has 0 aliphatic rings. The number of amides is 1. The Bertz CT molecular complexity index is 765. The van der Waals surface area contributed by atoms with Crippen LogP contribution < -0.4 is 10.1 Å². The number of carbonyl (C=O) groups is 1. The molecule has 0 saturated carbocycles. The van der Waals surface area contributed by atoms with E-state index in [0.29, 0.717) is 13.0 Å². The zero-order valence-electron chi connectivity index (χ0n) is 16.7. The predicted octanol–water partition coefficient (Wildman–Crippen LogP) is 5.61. The van der Waals surface area contributed by atoms with Gasteiger partial charge in [0.2, 0.25) is 5.91 Å². The molecule has 1 amide bonds. The van der Waals surface area contributed by atoms with Gasteiger partial charge in [-0.3, -0.25) is 4.79 Å². The second kappa shape index (κ2) is 9.42. The Kier molecular flexibility index (Phi) is 7.26. The lowest BCUT2D eigenvalue weighted by Crippen LogP contribution is -2.13. The van der Waals surface area contributed by atoms with Crippen molar-refractivity contribution in [2.24, 2.45) is 0 Å². The molecular formula is C23H31NO2. The van der Waals surface area contributed by atoms with Crippen molar-refractivity contribution in [3.8, 4) is 5.75 Å². The summed E-state index contributed by atoms with van der Waals surface area (Å²) in [6, 6.07) is 10.5. The third kappa shape index (κ3) is 4.66. The molecular weight excluding hydrogens is 322 g/mol. The monoisotopic (exact) mass is 353 g/mol. The van der Waals surface area contributed by atoms with Gasteiger partial charge >= 0.3 is 0 Å². The Morgan fingerprint density at radius 1 is 0.962 bits per heavy atom. The molecule has 2 rings (SSSR count). The summed E-state index contributed by atoms with van der Waals surface area (Å²) in [5.74, 6) is 0.970. The van der Waals surface area contributed by atoms with Crippen LogP contribution in [-0.2, 0) is 30.7 Å². The number of benzene rings is 2. The van der Waals surface area contributed by atoms with Gasteiger partial charge < -0.3 is 10.1 Å². The summed E-state index contributed by atoms with van der Waals surface area (Å²) in [6.45, 7) is 10.9. The highest BCUT2D eigenvalue weighted by Gasteiger charge is 2.12. The molecule has 0 aromatic heterocycles. The number of anilines is 1. The molecule has 140 valence electrons. The van der Waals surface area contributed by atoms with Crippen LogP contribution >= 0.6 is 0 Å². The molecule has 3 heteroatoms. The minimum Gasteiger partial charge on any atom is -0.489 e. The van der Waals surface area contributed by atoms with Gasteiger partial charge in [-0.15, -0.1) is 0 Å². The highest BCUT2D eigenvalue weighted by atomic mass is 16.5. The van der Waals surface area contributed by atoms with E-state index in [1.165, 1.54) is 22.3 Å². The first-order valence-corrected chi connectivity index (χ1v) is 9.69. The van der Waals surface area contributed by atoms with Crippen LogP contribution in [0.5, 0.6) is 5.75 Å². The largest absolute Gasteiger partial charge is 0.489 e. The Hall–Kier alpha value is -2.29. The summed E-state index contributed by atoms with van der Waals surface area (Å²) in [5.41, 5.74) is 7.01. The average Bonchev–Trinajstić information content (AvgIpc) is 2.66. The van der Waals surface area contributed by atoms with Gasteiger partial charge in [0.15, 0.2) is 0 Å². The fourth-order valence-corrected chi connectivity index (χ4v) is 3.21. The van der Waals surface area contributed by atoms with Crippen LogP contribution in [0.4, 0.5) is 5.69 Å². The first kappa shape index (κ1) is 20.0. The minimum atomic E-state index is 0.0249. The molecule has 26 heavy (non-hydrogen) atoms. The minimum absolute atomic E-state index is 0.0249. The quantitative estimate of drug-likeness (QED) is 0.670. The van der Waals surface area contributed by atoms with E-state index in [1.54, 1.807) is 0 Å². The molecule has 0 spiro atoms. The molecule has 2 aromatic carbocycles. The highest BCUT2D eigenvalue weighted by Crippen LogP contribution is 2.28. The Morgan fingerprint density at radius 2 is 1.65 bits per heavy atom. The van der Waals surface area contributed by atoms with Crippen LogP contribution in [0.1, 0.15) is 61.9 Å². The molecule has 0 aliphatic carbocycles. The van der Waals surface area contributed by atoms with E-state index in [4.69, 9.17) is 4.74 Å². The maximum Gasteiger partial charge on any atom is 0.224 e. The van der Waals surface area contributed by atoms with Gasteiger partial charge in [-0.25, -0.2) is 0 Å². The third-order valence-corrected chi connectivity index (χ3v) is 4.90. The summed E-state index contributed by atoms with van der Waals surface area (Å²) in [4.78, 5) is 11.9. The number of ether oxygens (including phenoxy) is 1. The van der Waals surface area contributed by atoms with Gasteiger partial charge in [-0.05, 0) is 60.6 Å². The van der Waals surface area contributed by atoms with Crippen LogP contribution in [0.25, 0.3) is 0 Å². The molecule has 0 aliphatic heterocycles. The van der Waals surface area contributed by atoms with Gasteiger partial charge in [0.05, 0.1) is 0 Å². The van der Waals surface area contributed by atoms with Crippen molar-refractivity contribution in [1.82, 2.24) is 0 Å². The summed E-state index contributed by atoms with van der Waals surface area (Å²) in [6.07, 6.45) is 3.35. The zero-order chi connectivity index (χ0) is 19.1. The normalized spacial score (nSPS) is 10.7. The number of hydrogen-bond acceptors (Lipinski definition) is 2. The summed E-state index contributed by atoms with van der Waals surface area (Å²) < 4.78 is 6.24. The Labute approximate surface area is 157 Å². The van der Waals surface area contributed by atoms with Crippen LogP contribution in [0.15, 0.2) is 30.3 Å². The third-order valence-electron chi connectivity index (χ3n) is 4.90. The van der Waals surface area contributed by atoms with E-state index in [2.05, 4.69) is 51.2 Å². The van der Waals surface area contributed by atoms with E-state index in [1.807, 2.05) is 19.1 Å². The van der Waals surface area contributed by atoms with Crippen molar-refractivity contribution in [2.45, 2.75) is 66.9 Å². The van der Waals surface area contributed by atoms with Gasteiger partial charge in [-0.1, -0.05) is 45.9 Å². The molecule has 0 fully saturated rings. The molecule has 0 atom stereocenters. The fraction of sp³-hybridized carbons (Fsp3) is 0.435. The van der Waals surface area contributed by atoms with Crippen molar-refractivity contribution in [3.63, 3.8) is 0 Å². The smallest absolute Gasteiger partial charge is 0.224 e. The number of aryl methyl sites for hydroxylation is 4. The summed E-state index contributed by atoms with van der Waals surface area (Å²) in [7, 11) is 0. The molecule has 0 unspecified atom stereocenters. The van der Waals surface area contributed by atoms with Crippen LogP contribution in [0.2, 0.25) is 0 Å².